The molecular formula is C20H22F3N. The van der Waals surface area contributed by atoms with Gasteiger partial charge in [0.05, 0.1) is 11.4 Å². The maximum atomic E-state index is 14.0. The first-order chi connectivity index (χ1) is 11.4. The highest BCUT2D eigenvalue weighted by Gasteiger charge is 2.15. The molecule has 1 N–H and O–H groups in total. The summed E-state index contributed by atoms with van der Waals surface area (Å²) in [5.41, 5.74) is 1.90. The molecule has 0 fully saturated rings. The van der Waals surface area contributed by atoms with E-state index in [-0.39, 0.29) is 16.9 Å². The smallest absolute Gasteiger partial charge is 0.146 e. The molecule has 0 radical (unpaired) electrons. The van der Waals surface area contributed by atoms with Crippen LogP contribution in [0.5, 0.6) is 0 Å². The molecule has 1 nitrogen and oxygen atoms in total. The highest BCUT2D eigenvalue weighted by molar-refractivity contribution is 5.77. The summed E-state index contributed by atoms with van der Waals surface area (Å²) in [7, 11) is 0. The molecule has 0 heterocycles. The van der Waals surface area contributed by atoms with Crippen molar-refractivity contribution in [3.05, 3.63) is 65.2 Å². The number of benzene rings is 2. The third-order valence-corrected chi connectivity index (χ3v) is 3.90. The zero-order valence-electron chi connectivity index (χ0n) is 14.1. The Morgan fingerprint density at radius 2 is 1.83 bits per heavy atom. The third-order valence-electron chi connectivity index (χ3n) is 3.90. The fourth-order valence-electron chi connectivity index (χ4n) is 2.71. The van der Waals surface area contributed by atoms with Gasteiger partial charge in [-0.1, -0.05) is 32.4 Å². The van der Waals surface area contributed by atoms with E-state index in [2.05, 4.69) is 18.8 Å². The molecule has 0 spiro atoms. The van der Waals surface area contributed by atoms with Gasteiger partial charge < -0.3 is 5.32 Å². The molecule has 24 heavy (non-hydrogen) atoms. The fourth-order valence-corrected chi connectivity index (χ4v) is 2.71. The summed E-state index contributed by atoms with van der Waals surface area (Å²) in [4.78, 5) is 0. The molecule has 0 atom stereocenters. The van der Waals surface area contributed by atoms with Crippen molar-refractivity contribution in [2.75, 3.05) is 5.32 Å². The van der Waals surface area contributed by atoms with Crippen LogP contribution >= 0.6 is 0 Å². The Bertz CT molecular complexity index is 738. The molecular weight excluding hydrogens is 311 g/mol. The van der Waals surface area contributed by atoms with E-state index in [1.54, 1.807) is 19.1 Å². The van der Waals surface area contributed by atoms with Gasteiger partial charge in [0, 0.05) is 5.56 Å². The summed E-state index contributed by atoms with van der Waals surface area (Å²) in [5.74, 6) is -1.61. The Kier molecular flexibility index (Phi) is 6.07. The Morgan fingerprint density at radius 1 is 1.08 bits per heavy atom. The molecule has 2 rings (SSSR count). The lowest BCUT2D eigenvalue weighted by atomic mass is 9.98. The Balaban J connectivity index is 2.42. The van der Waals surface area contributed by atoms with Crippen LogP contribution in [-0.4, -0.2) is 0 Å². The van der Waals surface area contributed by atoms with Crippen molar-refractivity contribution >= 4 is 17.2 Å². The summed E-state index contributed by atoms with van der Waals surface area (Å²) in [5, 5.41) is 2.81. The number of unbranched alkanes of at least 4 members (excludes halogenated alkanes) is 2. The van der Waals surface area contributed by atoms with Crippen LogP contribution in [-0.2, 0) is 6.42 Å². The van der Waals surface area contributed by atoms with Gasteiger partial charge in [-0.25, -0.2) is 13.2 Å². The lowest BCUT2D eigenvalue weighted by Crippen LogP contribution is -2.02. The number of halogens is 3. The van der Waals surface area contributed by atoms with Crippen LogP contribution in [0.1, 0.15) is 42.9 Å². The minimum atomic E-state index is -0.656. The minimum absolute atomic E-state index is 0.174. The topological polar surface area (TPSA) is 12.0 Å². The molecule has 0 saturated carbocycles. The molecule has 0 aromatic heterocycles. The monoisotopic (exact) mass is 333 g/mol. The summed E-state index contributed by atoms with van der Waals surface area (Å²) in [6, 6.07) is 7.15. The van der Waals surface area contributed by atoms with E-state index < -0.39 is 17.5 Å². The molecule has 4 heteroatoms. The molecule has 0 aliphatic rings. The maximum Gasteiger partial charge on any atom is 0.146 e. The van der Waals surface area contributed by atoms with E-state index in [1.807, 2.05) is 0 Å². The SMILES string of the molecule is C=C(F)c1c(CCCCC)cc(F)cc1Nc1ccc(C)cc1F. The van der Waals surface area contributed by atoms with Crippen molar-refractivity contribution < 1.29 is 13.2 Å². The second kappa shape index (κ2) is 8.04. The van der Waals surface area contributed by atoms with Gasteiger partial charge in [-0.2, -0.15) is 0 Å². The zero-order chi connectivity index (χ0) is 17.7. The number of aryl methyl sites for hydroxylation is 2. The molecule has 2 aromatic carbocycles. The summed E-state index contributed by atoms with van der Waals surface area (Å²) < 4.78 is 42.0. The van der Waals surface area contributed by atoms with Crippen molar-refractivity contribution in [2.24, 2.45) is 0 Å². The zero-order valence-corrected chi connectivity index (χ0v) is 14.1. The van der Waals surface area contributed by atoms with Gasteiger partial charge in [0.25, 0.3) is 0 Å². The Labute approximate surface area is 141 Å². The fraction of sp³-hybridized carbons (Fsp3) is 0.300. The lowest BCUT2D eigenvalue weighted by Gasteiger charge is -2.16. The lowest BCUT2D eigenvalue weighted by molar-refractivity contribution is 0.621. The molecule has 128 valence electrons. The van der Waals surface area contributed by atoms with Gasteiger partial charge in [0.2, 0.25) is 0 Å². The van der Waals surface area contributed by atoms with E-state index in [0.29, 0.717) is 12.0 Å². The number of nitrogens with one attached hydrogen (secondary N) is 1. The largest absolute Gasteiger partial charge is 0.352 e. The predicted octanol–water partition coefficient (Wildman–Crippen LogP) is 6.69. The van der Waals surface area contributed by atoms with Crippen LogP contribution in [0.25, 0.3) is 5.83 Å². The van der Waals surface area contributed by atoms with Crippen molar-refractivity contribution in [3.63, 3.8) is 0 Å². The van der Waals surface area contributed by atoms with Gasteiger partial charge >= 0.3 is 0 Å². The second-order valence-corrected chi connectivity index (χ2v) is 5.96. The van der Waals surface area contributed by atoms with Crippen LogP contribution in [0.4, 0.5) is 24.5 Å². The number of rotatable bonds is 7. The molecule has 0 saturated heterocycles. The van der Waals surface area contributed by atoms with E-state index in [9.17, 15) is 13.2 Å². The standard InChI is InChI=1S/C20H22F3N/c1-4-5-6-7-15-11-16(22)12-19(20(15)14(3)21)24-18-9-8-13(2)10-17(18)23/h8-12,24H,3-7H2,1-2H3. The van der Waals surface area contributed by atoms with E-state index in [1.165, 1.54) is 18.2 Å². The van der Waals surface area contributed by atoms with Crippen molar-refractivity contribution in [1.29, 1.82) is 0 Å². The van der Waals surface area contributed by atoms with Crippen molar-refractivity contribution in [2.45, 2.75) is 39.5 Å². The van der Waals surface area contributed by atoms with Crippen LogP contribution in [0.3, 0.4) is 0 Å². The highest BCUT2D eigenvalue weighted by atomic mass is 19.1. The maximum absolute atomic E-state index is 14.0. The van der Waals surface area contributed by atoms with E-state index in [0.717, 1.165) is 24.8 Å². The Morgan fingerprint density at radius 3 is 2.46 bits per heavy atom. The number of hydrogen-bond donors (Lipinski definition) is 1. The summed E-state index contributed by atoms with van der Waals surface area (Å²) in [6.45, 7) is 7.20. The molecule has 0 aliphatic heterocycles. The van der Waals surface area contributed by atoms with Gasteiger partial charge in [0.1, 0.15) is 17.5 Å². The van der Waals surface area contributed by atoms with Crippen molar-refractivity contribution in [3.8, 4) is 0 Å². The summed E-state index contributed by atoms with van der Waals surface area (Å²) >= 11 is 0. The van der Waals surface area contributed by atoms with Crippen LogP contribution < -0.4 is 5.32 Å². The van der Waals surface area contributed by atoms with Gasteiger partial charge in [-0.3, -0.25) is 0 Å². The quantitative estimate of drug-likeness (QED) is 0.557. The van der Waals surface area contributed by atoms with Crippen LogP contribution in [0.15, 0.2) is 36.9 Å². The molecule has 2 aromatic rings. The van der Waals surface area contributed by atoms with Crippen LogP contribution in [0.2, 0.25) is 0 Å². The Hall–Kier alpha value is -2.23. The van der Waals surface area contributed by atoms with E-state index >= 15 is 0 Å². The first kappa shape index (κ1) is 18.1. The van der Waals surface area contributed by atoms with E-state index in [4.69, 9.17) is 0 Å². The van der Waals surface area contributed by atoms with Crippen LogP contribution in [0, 0.1) is 18.6 Å². The first-order valence-corrected chi connectivity index (χ1v) is 8.12. The third kappa shape index (κ3) is 4.40. The van der Waals surface area contributed by atoms with Gasteiger partial charge in [-0.15, -0.1) is 0 Å². The molecule has 0 bridgehead atoms. The second-order valence-electron chi connectivity index (χ2n) is 5.96. The molecule has 0 unspecified atom stereocenters. The summed E-state index contributed by atoms with van der Waals surface area (Å²) in [6.07, 6.45) is 3.37. The molecule has 0 amide bonds. The highest BCUT2D eigenvalue weighted by Crippen LogP contribution is 2.33. The number of anilines is 2. The average Bonchev–Trinajstić information content (AvgIpc) is 2.49. The minimum Gasteiger partial charge on any atom is -0.352 e. The van der Waals surface area contributed by atoms with Gasteiger partial charge in [-0.05, 0) is 55.2 Å². The molecule has 0 aliphatic carbocycles. The van der Waals surface area contributed by atoms with Gasteiger partial charge in [0.15, 0.2) is 0 Å². The number of hydrogen-bond acceptors (Lipinski definition) is 1. The van der Waals surface area contributed by atoms with Crippen molar-refractivity contribution in [1.82, 2.24) is 0 Å². The normalized spacial score (nSPS) is 10.7. The first-order valence-electron chi connectivity index (χ1n) is 8.12. The predicted molar refractivity (Wildman–Crippen MR) is 94.2 cm³/mol. The average molecular weight is 333 g/mol.